The van der Waals surface area contributed by atoms with E-state index in [1.165, 1.54) is 35.1 Å². The third kappa shape index (κ3) is 1.48. The van der Waals surface area contributed by atoms with Crippen LogP contribution in [0.1, 0.15) is 47.9 Å². The highest BCUT2D eigenvalue weighted by molar-refractivity contribution is 5.63. The molecule has 2 aliphatic heterocycles. The lowest BCUT2D eigenvalue weighted by Crippen LogP contribution is -2.34. The smallest absolute Gasteiger partial charge is 0.128 e. The van der Waals surface area contributed by atoms with Crippen LogP contribution >= 0.6 is 0 Å². The number of rotatable bonds is 1. The lowest BCUT2D eigenvalue weighted by molar-refractivity contribution is 0.338. The molecule has 0 spiro atoms. The lowest BCUT2D eigenvalue weighted by atomic mass is 9.81. The summed E-state index contributed by atoms with van der Waals surface area (Å²) < 4.78 is 11.9. The minimum Gasteiger partial charge on any atom is -0.493 e. The van der Waals surface area contributed by atoms with E-state index in [2.05, 4.69) is 6.92 Å². The number of hydrogen-bond donors (Lipinski definition) is 1. The van der Waals surface area contributed by atoms with Crippen molar-refractivity contribution in [2.75, 3.05) is 13.2 Å². The Hall–Kier alpha value is -1.22. The van der Waals surface area contributed by atoms with Crippen LogP contribution in [0.2, 0.25) is 0 Å². The third-order valence-electron chi connectivity index (χ3n) is 5.06. The predicted molar refractivity (Wildman–Crippen MR) is 73.9 cm³/mol. The summed E-state index contributed by atoms with van der Waals surface area (Å²) in [7, 11) is 0. The zero-order valence-corrected chi connectivity index (χ0v) is 11.6. The van der Waals surface area contributed by atoms with Crippen LogP contribution in [0.25, 0.3) is 0 Å². The molecule has 0 radical (unpaired) electrons. The standard InChI is InChI=1S/C16H21NO2/c1-10-11-4-8-19-15(11)13(12-5-9-18-14(10)12)16(17)6-2-3-7-16/h2-9,17H2,1H3. The summed E-state index contributed by atoms with van der Waals surface area (Å²) in [5.41, 5.74) is 11.8. The van der Waals surface area contributed by atoms with Gasteiger partial charge in [0.05, 0.1) is 13.2 Å². The molecule has 3 aliphatic rings. The highest BCUT2D eigenvalue weighted by Crippen LogP contribution is 2.51. The first kappa shape index (κ1) is 11.6. The van der Waals surface area contributed by atoms with Crippen molar-refractivity contribution in [2.24, 2.45) is 5.73 Å². The van der Waals surface area contributed by atoms with E-state index in [0.717, 1.165) is 50.4 Å². The molecule has 0 unspecified atom stereocenters. The topological polar surface area (TPSA) is 44.5 Å². The zero-order valence-electron chi connectivity index (χ0n) is 11.6. The molecule has 0 saturated heterocycles. The second-order valence-electron chi connectivity index (χ2n) is 6.18. The van der Waals surface area contributed by atoms with Gasteiger partial charge in [0.1, 0.15) is 11.5 Å². The molecule has 1 fully saturated rings. The summed E-state index contributed by atoms with van der Waals surface area (Å²) in [5, 5.41) is 0. The molecule has 0 aromatic heterocycles. The summed E-state index contributed by atoms with van der Waals surface area (Å²) in [5.74, 6) is 2.21. The third-order valence-corrected chi connectivity index (χ3v) is 5.06. The molecule has 2 heterocycles. The summed E-state index contributed by atoms with van der Waals surface area (Å²) in [6.45, 7) is 3.75. The zero-order chi connectivity index (χ0) is 13.0. The maximum Gasteiger partial charge on any atom is 0.128 e. The van der Waals surface area contributed by atoms with Crippen LogP contribution < -0.4 is 15.2 Å². The van der Waals surface area contributed by atoms with Crippen molar-refractivity contribution in [1.82, 2.24) is 0 Å². The molecule has 3 nitrogen and oxygen atoms in total. The van der Waals surface area contributed by atoms with Crippen molar-refractivity contribution in [3.63, 3.8) is 0 Å². The molecule has 1 aromatic carbocycles. The predicted octanol–water partition coefficient (Wildman–Crippen LogP) is 2.59. The number of nitrogens with two attached hydrogens (primary N) is 1. The molecule has 0 bridgehead atoms. The number of benzene rings is 1. The van der Waals surface area contributed by atoms with Crippen LogP contribution in [0.15, 0.2) is 0 Å². The van der Waals surface area contributed by atoms with E-state index in [9.17, 15) is 0 Å². The van der Waals surface area contributed by atoms with E-state index in [4.69, 9.17) is 15.2 Å². The summed E-state index contributed by atoms with van der Waals surface area (Å²) in [6.07, 6.45) is 6.61. The van der Waals surface area contributed by atoms with Gasteiger partial charge >= 0.3 is 0 Å². The second-order valence-corrected chi connectivity index (χ2v) is 6.18. The quantitative estimate of drug-likeness (QED) is 0.843. The molecule has 4 rings (SSSR count). The van der Waals surface area contributed by atoms with E-state index >= 15 is 0 Å². The summed E-state index contributed by atoms with van der Waals surface area (Å²) >= 11 is 0. The molecule has 2 N–H and O–H groups in total. The molecule has 19 heavy (non-hydrogen) atoms. The van der Waals surface area contributed by atoms with Gasteiger partial charge in [0, 0.05) is 35.1 Å². The van der Waals surface area contributed by atoms with Crippen molar-refractivity contribution < 1.29 is 9.47 Å². The van der Waals surface area contributed by atoms with Gasteiger partial charge < -0.3 is 15.2 Å². The Labute approximate surface area is 114 Å². The Kier molecular flexibility index (Phi) is 2.37. The average molecular weight is 259 g/mol. The molecular formula is C16H21NO2. The Balaban J connectivity index is 2.00. The highest BCUT2D eigenvalue weighted by Gasteiger charge is 2.41. The fourth-order valence-electron chi connectivity index (χ4n) is 4.12. The van der Waals surface area contributed by atoms with Crippen LogP contribution in [-0.2, 0) is 18.4 Å². The monoisotopic (exact) mass is 259 g/mol. The van der Waals surface area contributed by atoms with E-state index in [-0.39, 0.29) is 5.54 Å². The molecule has 1 saturated carbocycles. The van der Waals surface area contributed by atoms with Crippen molar-refractivity contribution in [2.45, 2.75) is 51.0 Å². The Morgan fingerprint density at radius 2 is 1.58 bits per heavy atom. The Morgan fingerprint density at radius 3 is 2.32 bits per heavy atom. The van der Waals surface area contributed by atoms with E-state index in [1.54, 1.807) is 0 Å². The molecule has 102 valence electrons. The Bertz CT molecular complexity index is 509. The van der Waals surface area contributed by atoms with Gasteiger partial charge in [-0.2, -0.15) is 0 Å². The van der Waals surface area contributed by atoms with Crippen molar-refractivity contribution in [3.05, 3.63) is 22.3 Å². The molecule has 1 aliphatic carbocycles. The van der Waals surface area contributed by atoms with Gasteiger partial charge in [0.2, 0.25) is 0 Å². The van der Waals surface area contributed by atoms with Gasteiger partial charge in [-0.3, -0.25) is 0 Å². The van der Waals surface area contributed by atoms with Gasteiger partial charge in [-0.1, -0.05) is 12.8 Å². The van der Waals surface area contributed by atoms with Crippen LogP contribution in [0.3, 0.4) is 0 Å². The van der Waals surface area contributed by atoms with Crippen molar-refractivity contribution in [3.8, 4) is 11.5 Å². The van der Waals surface area contributed by atoms with Gasteiger partial charge in [-0.15, -0.1) is 0 Å². The number of hydrogen-bond acceptors (Lipinski definition) is 3. The maximum absolute atomic E-state index is 6.74. The van der Waals surface area contributed by atoms with E-state index < -0.39 is 0 Å². The lowest BCUT2D eigenvalue weighted by Gasteiger charge is -2.29. The number of ether oxygens (including phenoxy) is 2. The normalized spacial score (nSPS) is 22.8. The SMILES string of the molecule is Cc1c2c(c(C3(N)CCCC3)c3c1OCC3)OCC2. The average Bonchev–Trinajstić information content (AvgIpc) is 3.09. The van der Waals surface area contributed by atoms with Crippen LogP contribution in [0.5, 0.6) is 11.5 Å². The van der Waals surface area contributed by atoms with Gasteiger partial charge in [0.25, 0.3) is 0 Å². The van der Waals surface area contributed by atoms with Gasteiger partial charge in [0.15, 0.2) is 0 Å². The van der Waals surface area contributed by atoms with Crippen LogP contribution in [0, 0.1) is 6.92 Å². The van der Waals surface area contributed by atoms with Crippen LogP contribution in [0.4, 0.5) is 0 Å². The van der Waals surface area contributed by atoms with Crippen molar-refractivity contribution >= 4 is 0 Å². The number of fused-ring (bicyclic) bond motifs is 2. The Morgan fingerprint density at radius 1 is 0.947 bits per heavy atom. The van der Waals surface area contributed by atoms with Crippen LogP contribution in [-0.4, -0.2) is 13.2 Å². The van der Waals surface area contributed by atoms with Gasteiger partial charge in [-0.25, -0.2) is 0 Å². The van der Waals surface area contributed by atoms with Crippen molar-refractivity contribution in [1.29, 1.82) is 0 Å². The summed E-state index contributed by atoms with van der Waals surface area (Å²) in [4.78, 5) is 0. The minimum absolute atomic E-state index is 0.181. The first-order chi connectivity index (χ1) is 9.21. The first-order valence-corrected chi connectivity index (χ1v) is 7.44. The minimum atomic E-state index is -0.181. The summed E-state index contributed by atoms with van der Waals surface area (Å²) in [6, 6.07) is 0. The fraction of sp³-hybridized carbons (Fsp3) is 0.625. The first-order valence-electron chi connectivity index (χ1n) is 7.44. The molecule has 3 heteroatoms. The molecular weight excluding hydrogens is 238 g/mol. The van der Waals surface area contributed by atoms with E-state index in [0.29, 0.717) is 0 Å². The van der Waals surface area contributed by atoms with E-state index in [1.807, 2.05) is 0 Å². The highest BCUT2D eigenvalue weighted by atomic mass is 16.5. The second kappa shape index (κ2) is 3.89. The van der Waals surface area contributed by atoms with Gasteiger partial charge in [-0.05, 0) is 25.3 Å². The molecule has 0 atom stereocenters. The molecule has 0 amide bonds. The maximum atomic E-state index is 6.74. The fourth-order valence-corrected chi connectivity index (χ4v) is 4.12. The largest absolute Gasteiger partial charge is 0.493 e. The molecule has 1 aromatic rings.